The first kappa shape index (κ1) is 12.7. The number of anilines is 2. The molecule has 8 heteroatoms. The van der Waals surface area contributed by atoms with Gasteiger partial charge in [-0.25, -0.2) is 4.90 Å². The van der Waals surface area contributed by atoms with Crippen molar-refractivity contribution < 1.29 is 14.5 Å². The second kappa shape index (κ2) is 4.37. The fourth-order valence-corrected chi connectivity index (χ4v) is 2.17. The van der Waals surface area contributed by atoms with Gasteiger partial charge in [0, 0.05) is 12.3 Å². The van der Waals surface area contributed by atoms with E-state index in [1.54, 1.807) is 12.1 Å². The Labute approximate surface area is 118 Å². The predicted octanol–water partition coefficient (Wildman–Crippen LogP) is 1.37. The number of fused-ring (bicyclic) bond motifs is 1. The van der Waals surface area contributed by atoms with Crippen LogP contribution < -0.4 is 10.6 Å². The molecule has 0 spiro atoms. The summed E-state index contributed by atoms with van der Waals surface area (Å²) in [6.45, 7) is 0. The summed E-state index contributed by atoms with van der Waals surface area (Å²) in [4.78, 5) is 39.5. The van der Waals surface area contributed by atoms with Crippen molar-refractivity contribution in [2.24, 2.45) is 0 Å². The number of benzene rings is 1. The van der Waals surface area contributed by atoms with E-state index in [1.807, 2.05) is 0 Å². The van der Waals surface area contributed by atoms with Crippen molar-refractivity contribution in [3.63, 3.8) is 0 Å². The van der Waals surface area contributed by atoms with Crippen molar-refractivity contribution in [1.82, 2.24) is 4.98 Å². The van der Waals surface area contributed by atoms with E-state index < -0.39 is 22.4 Å². The van der Waals surface area contributed by atoms with Crippen LogP contribution in [0.1, 0.15) is 20.7 Å². The standard InChI is InChI=1S/C13H8N4O4/c14-10-4-8-9(5-11(10)17(20)21)13(19)16(12(8)18)7-2-1-3-15-6-7/h1-6H,14H2. The molecule has 1 aromatic heterocycles. The van der Waals surface area contributed by atoms with Crippen LogP contribution in [0, 0.1) is 10.1 Å². The molecular formula is C13H8N4O4. The van der Waals surface area contributed by atoms with Gasteiger partial charge in [-0.3, -0.25) is 24.7 Å². The molecule has 0 unspecified atom stereocenters. The lowest BCUT2D eigenvalue weighted by Crippen LogP contribution is -2.29. The van der Waals surface area contributed by atoms with Crippen LogP contribution in [0.2, 0.25) is 0 Å². The maximum atomic E-state index is 12.3. The molecule has 0 saturated heterocycles. The van der Waals surface area contributed by atoms with Crippen LogP contribution in [0.4, 0.5) is 17.1 Å². The first-order valence-corrected chi connectivity index (χ1v) is 5.87. The Kier molecular flexibility index (Phi) is 2.65. The first-order chi connectivity index (χ1) is 10.0. The Balaban J connectivity index is 2.15. The van der Waals surface area contributed by atoms with Crippen molar-refractivity contribution in [1.29, 1.82) is 0 Å². The number of nitrogen functional groups attached to an aromatic ring is 1. The van der Waals surface area contributed by atoms with Gasteiger partial charge < -0.3 is 5.73 Å². The van der Waals surface area contributed by atoms with Crippen molar-refractivity contribution in [3.8, 4) is 0 Å². The lowest BCUT2D eigenvalue weighted by atomic mass is 10.1. The third-order valence-corrected chi connectivity index (χ3v) is 3.13. The lowest BCUT2D eigenvalue weighted by molar-refractivity contribution is -0.383. The molecule has 2 heterocycles. The number of nitrogens with two attached hydrogens (primary N) is 1. The van der Waals surface area contributed by atoms with Crippen LogP contribution in [0.25, 0.3) is 0 Å². The number of aromatic nitrogens is 1. The van der Waals surface area contributed by atoms with Crippen LogP contribution >= 0.6 is 0 Å². The molecule has 2 N–H and O–H groups in total. The lowest BCUT2D eigenvalue weighted by Gasteiger charge is -2.12. The van der Waals surface area contributed by atoms with E-state index in [9.17, 15) is 19.7 Å². The van der Waals surface area contributed by atoms with Crippen LogP contribution in [-0.4, -0.2) is 21.7 Å². The molecule has 0 radical (unpaired) electrons. The highest BCUT2D eigenvalue weighted by molar-refractivity contribution is 6.34. The van der Waals surface area contributed by atoms with E-state index in [4.69, 9.17) is 5.73 Å². The van der Waals surface area contributed by atoms with Gasteiger partial charge in [0.25, 0.3) is 17.5 Å². The summed E-state index contributed by atoms with van der Waals surface area (Å²) in [7, 11) is 0. The summed E-state index contributed by atoms with van der Waals surface area (Å²) < 4.78 is 0. The van der Waals surface area contributed by atoms with Crippen molar-refractivity contribution in [3.05, 3.63) is 57.9 Å². The fraction of sp³-hybridized carbons (Fsp3) is 0. The van der Waals surface area contributed by atoms with Crippen LogP contribution in [0.3, 0.4) is 0 Å². The van der Waals surface area contributed by atoms with E-state index in [-0.39, 0.29) is 16.8 Å². The van der Waals surface area contributed by atoms with Crippen LogP contribution in [0.15, 0.2) is 36.7 Å². The maximum Gasteiger partial charge on any atom is 0.292 e. The third-order valence-electron chi connectivity index (χ3n) is 3.13. The van der Waals surface area contributed by atoms with E-state index in [0.717, 1.165) is 17.0 Å². The molecule has 104 valence electrons. The van der Waals surface area contributed by atoms with Gasteiger partial charge in [-0.05, 0) is 18.2 Å². The highest BCUT2D eigenvalue weighted by Gasteiger charge is 2.38. The van der Waals surface area contributed by atoms with E-state index >= 15 is 0 Å². The van der Waals surface area contributed by atoms with Gasteiger partial charge in [0.1, 0.15) is 5.69 Å². The summed E-state index contributed by atoms with van der Waals surface area (Å²) in [6.07, 6.45) is 2.87. The summed E-state index contributed by atoms with van der Waals surface area (Å²) in [5.41, 5.74) is 5.30. The second-order valence-corrected chi connectivity index (χ2v) is 4.37. The van der Waals surface area contributed by atoms with Gasteiger partial charge in [-0.15, -0.1) is 0 Å². The van der Waals surface area contributed by atoms with Gasteiger partial charge in [-0.1, -0.05) is 0 Å². The number of nitrogens with zero attached hydrogens (tertiary/aromatic N) is 3. The van der Waals surface area contributed by atoms with Crippen LogP contribution in [-0.2, 0) is 0 Å². The molecule has 1 aliphatic rings. The number of hydrogen-bond donors (Lipinski definition) is 1. The molecule has 1 aromatic carbocycles. The molecule has 0 saturated carbocycles. The number of rotatable bonds is 2. The smallest absolute Gasteiger partial charge is 0.292 e. The van der Waals surface area contributed by atoms with Gasteiger partial charge in [0.15, 0.2) is 0 Å². The molecule has 0 bridgehead atoms. The average Bonchev–Trinajstić information content (AvgIpc) is 2.70. The normalized spacial score (nSPS) is 13.4. The van der Waals surface area contributed by atoms with E-state index in [2.05, 4.69) is 4.98 Å². The number of nitro groups is 1. The highest BCUT2D eigenvalue weighted by Crippen LogP contribution is 2.33. The molecule has 0 atom stereocenters. The third kappa shape index (κ3) is 1.81. The summed E-state index contributed by atoms with van der Waals surface area (Å²) in [6, 6.07) is 5.31. The Morgan fingerprint density at radius 1 is 1.19 bits per heavy atom. The van der Waals surface area contributed by atoms with Crippen molar-refractivity contribution >= 4 is 28.9 Å². The van der Waals surface area contributed by atoms with Gasteiger partial charge in [0.05, 0.1) is 27.9 Å². The topological polar surface area (TPSA) is 119 Å². The van der Waals surface area contributed by atoms with E-state index in [1.165, 1.54) is 12.4 Å². The monoisotopic (exact) mass is 284 g/mol. The highest BCUT2D eigenvalue weighted by atomic mass is 16.6. The van der Waals surface area contributed by atoms with Gasteiger partial charge >= 0.3 is 0 Å². The molecule has 2 amide bonds. The molecular weight excluding hydrogens is 276 g/mol. The largest absolute Gasteiger partial charge is 0.393 e. The van der Waals surface area contributed by atoms with Gasteiger partial charge in [-0.2, -0.15) is 0 Å². The fourth-order valence-electron chi connectivity index (χ4n) is 2.17. The number of imide groups is 1. The van der Waals surface area contributed by atoms with Gasteiger partial charge in [0.2, 0.25) is 0 Å². The first-order valence-electron chi connectivity index (χ1n) is 5.87. The molecule has 21 heavy (non-hydrogen) atoms. The summed E-state index contributed by atoms with van der Waals surface area (Å²) >= 11 is 0. The maximum absolute atomic E-state index is 12.3. The zero-order chi connectivity index (χ0) is 15.1. The Bertz CT molecular complexity index is 788. The SMILES string of the molecule is Nc1cc2c(cc1[N+](=O)[O-])C(=O)N(c1cccnc1)C2=O. The number of hydrogen-bond acceptors (Lipinski definition) is 6. The average molecular weight is 284 g/mol. The summed E-state index contributed by atoms with van der Waals surface area (Å²) in [5, 5.41) is 10.9. The molecule has 3 rings (SSSR count). The van der Waals surface area contributed by atoms with Crippen molar-refractivity contribution in [2.45, 2.75) is 0 Å². The molecule has 8 nitrogen and oxygen atoms in total. The second-order valence-electron chi connectivity index (χ2n) is 4.37. The Morgan fingerprint density at radius 2 is 1.86 bits per heavy atom. The summed E-state index contributed by atoms with van der Waals surface area (Å²) in [5.74, 6) is -1.21. The number of nitro benzene ring substituents is 1. The predicted molar refractivity (Wildman–Crippen MR) is 72.9 cm³/mol. The van der Waals surface area contributed by atoms with Crippen LogP contribution in [0.5, 0.6) is 0 Å². The van der Waals surface area contributed by atoms with Crippen molar-refractivity contribution in [2.75, 3.05) is 10.6 Å². The number of carbonyl (C=O) groups excluding carboxylic acids is 2. The minimum absolute atomic E-state index is 0.0373. The Hall–Kier alpha value is -3.29. The zero-order valence-corrected chi connectivity index (χ0v) is 10.5. The number of carbonyl (C=O) groups is 2. The molecule has 0 aliphatic carbocycles. The quantitative estimate of drug-likeness (QED) is 0.385. The minimum atomic E-state index is -0.694. The molecule has 1 aliphatic heterocycles. The Morgan fingerprint density at radius 3 is 2.43 bits per heavy atom. The number of amides is 2. The molecule has 0 fully saturated rings. The zero-order valence-electron chi connectivity index (χ0n) is 10.5. The molecule has 2 aromatic rings. The number of pyridine rings is 1. The van der Waals surface area contributed by atoms with E-state index in [0.29, 0.717) is 5.69 Å². The minimum Gasteiger partial charge on any atom is -0.393 e.